The number of benzene rings is 1. The van der Waals surface area contributed by atoms with E-state index in [0.717, 1.165) is 19.0 Å². The summed E-state index contributed by atoms with van der Waals surface area (Å²) >= 11 is 0. The second-order valence-electron chi connectivity index (χ2n) is 5.69. The van der Waals surface area contributed by atoms with E-state index >= 15 is 0 Å². The highest BCUT2D eigenvalue weighted by atomic mass is 35.5. The third-order valence-corrected chi connectivity index (χ3v) is 4.26. The first-order valence-electron chi connectivity index (χ1n) is 7.63. The molecule has 0 bridgehead atoms. The summed E-state index contributed by atoms with van der Waals surface area (Å²) in [6.07, 6.45) is 3.72. The van der Waals surface area contributed by atoms with Gasteiger partial charge in [-0.15, -0.1) is 12.4 Å². The van der Waals surface area contributed by atoms with Gasteiger partial charge in [-0.3, -0.25) is 4.79 Å². The van der Waals surface area contributed by atoms with Crippen LogP contribution in [0.2, 0.25) is 0 Å². The lowest BCUT2D eigenvalue weighted by atomic mass is 10.1. The number of anilines is 1. The summed E-state index contributed by atoms with van der Waals surface area (Å²) in [4.78, 5) is 21.1. The van der Waals surface area contributed by atoms with Crippen LogP contribution < -0.4 is 14.4 Å². The molecule has 7 nitrogen and oxygen atoms in total. The van der Waals surface area contributed by atoms with Crippen LogP contribution in [0.3, 0.4) is 0 Å². The maximum Gasteiger partial charge on any atom is 0.254 e. The second kappa shape index (κ2) is 6.60. The zero-order valence-electron chi connectivity index (χ0n) is 13.3. The van der Waals surface area contributed by atoms with Gasteiger partial charge in [0.15, 0.2) is 11.5 Å². The van der Waals surface area contributed by atoms with Gasteiger partial charge in [0.05, 0.1) is 0 Å². The molecule has 128 valence electrons. The Bertz CT molecular complexity index is 741. The van der Waals surface area contributed by atoms with E-state index in [2.05, 4.69) is 9.88 Å². The predicted octanol–water partition coefficient (Wildman–Crippen LogP) is 1.53. The Hall–Kier alpha value is -2.41. The van der Waals surface area contributed by atoms with Crippen molar-refractivity contribution in [2.24, 2.45) is 7.05 Å². The third-order valence-electron chi connectivity index (χ3n) is 4.26. The quantitative estimate of drug-likeness (QED) is 0.822. The van der Waals surface area contributed by atoms with Crippen molar-refractivity contribution in [1.82, 2.24) is 14.5 Å². The minimum absolute atomic E-state index is 0. The zero-order chi connectivity index (χ0) is 15.8. The highest BCUT2D eigenvalue weighted by Crippen LogP contribution is 2.32. The van der Waals surface area contributed by atoms with E-state index in [0.29, 0.717) is 30.2 Å². The Balaban J connectivity index is 0.00000169. The molecule has 2 aliphatic rings. The van der Waals surface area contributed by atoms with Crippen molar-refractivity contribution in [2.75, 3.05) is 37.9 Å². The van der Waals surface area contributed by atoms with Gasteiger partial charge in [0.1, 0.15) is 0 Å². The highest BCUT2D eigenvalue weighted by Gasteiger charge is 2.25. The number of ether oxygens (including phenoxy) is 2. The number of imidazole rings is 1. The number of rotatable bonds is 2. The summed E-state index contributed by atoms with van der Waals surface area (Å²) in [5.41, 5.74) is 0.639. The summed E-state index contributed by atoms with van der Waals surface area (Å²) in [5, 5.41) is 0. The first-order valence-corrected chi connectivity index (χ1v) is 7.63. The molecule has 24 heavy (non-hydrogen) atoms. The molecular formula is C16H19ClN4O3. The Kier molecular flexibility index (Phi) is 4.53. The molecule has 1 saturated heterocycles. The lowest BCUT2D eigenvalue weighted by molar-refractivity contribution is 0.0745. The maximum atomic E-state index is 12.6. The Morgan fingerprint density at radius 1 is 1.12 bits per heavy atom. The largest absolute Gasteiger partial charge is 0.454 e. The Morgan fingerprint density at radius 2 is 1.88 bits per heavy atom. The van der Waals surface area contributed by atoms with Gasteiger partial charge in [0.25, 0.3) is 5.91 Å². The fourth-order valence-electron chi connectivity index (χ4n) is 2.98. The van der Waals surface area contributed by atoms with Gasteiger partial charge in [0, 0.05) is 51.2 Å². The molecule has 2 aliphatic heterocycles. The predicted molar refractivity (Wildman–Crippen MR) is 91.1 cm³/mol. The van der Waals surface area contributed by atoms with Crippen LogP contribution in [-0.2, 0) is 7.05 Å². The minimum Gasteiger partial charge on any atom is -0.454 e. The Labute approximate surface area is 146 Å². The van der Waals surface area contributed by atoms with Crippen LogP contribution >= 0.6 is 12.4 Å². The lowest BCUT2D eigenvalue weighted by Gasteiger charge is -2.35. The number of halogens is 1. The van der Waals surface area contributed by atoms with Gasteiger partial charge in [-0.2, -0.15) is 0 Å². The molecule has 1 fully saturated rings. The number of carbonyl (C=O) groups excluding carboxylic acids is 1. The number of aromatic nitrogens is 2. The standard InChI is InChI=1S/C16H18N4O3.ClH/c1-18-5-4-17-16(18)20-8-6-19(7-9-20)15(21)12-2-3-13-14(10-12)23-11-22-13;/h2-5,10H,6-9,11H2,1H3;1H. The number of hydrogen-bond donors (Lipinski definition) is 0. The smallest absolute Gasteiger partial charge is 0.254 e. The first-order chi connectivity index (χ1) is 11.2. The van der Waals surface area contributed by atoms with Crippen molar-refractivity contribution >= 4 is 24.3 Å². The van der Waals surface area contributed by atoms with Crippen LogP contribution in [0.25, 0.3) is 0 Å². The fourth-order valence-corrected chi connectivity index (χ4v) is 2.98. The molecule has 1 amide bonds. The minimum atomic E-state index is 0. The van der Waals surface area contributed by atoms with Crippen LogP contribution in [0.5, 0.6) is 11.5 Å². The topological polar surface area (TPSA) is 59.8 Å². The molecule has 0 N–H and O–H groups in total. The van der Waals surface area contributed by atoms with Gasteiger partial charge >= 0.3 is 0 Å². The van der Waals surface area contributed by atoms with Crippen LogP contribution in [0.1, 0.15) is 10.4 Å². The summed E-state index contributed by atoms with van der Waals surface area (Å²) in [6.45, 7) is 3.14. The molecule has 0 unspecified atom stereocenters. The van der Waals surface area contributed by atoms with E-state index in [4.69, 9.17) is 9.47 Å². The van der Waals surface area contributed by atoms with Crippen LogP contribution in [0.4, 0.5) is 5.95 Å². The summed E-state index contributed by atoms with van der Waals surface area (Å²) in [6, 6.07) is 5.34. The molecular weight excluding hydrogens is 332 g/mol. The maximum absolute atomic E-state index is 12.6. The lowest BCUT2D eigenvalue weighted by Crippen LogP contribution is -2.49. The molecule has 1 aromatic heterocycles. The number of aryl methyl sites for hydroxylation is 1. The SMILES string of the molecule is Cl.Cn1ccnc1N1CCN(C(=O)c2ccc3c(c2)OCO3)CC1. The summed E-state index contributed by atoms with van der Waals surface area (Å²) < 4.78 is 12.6. The molecule has 0 atom stereocenters. The van der Waals surface area contributed by atoms with Crippen LogP contribution in [0, 0.1) is 0 Å². The van der Waals surface area contributed by atoms with E-state index in [1.165, 1.54) is 0 Å². The van der Waals surface area contributed by atoms with Crippen LogP contribution in [-0.4, -0.2) is 53.3 Å². The van der Waals surface area contributed by atoms with Gasteiger partial charge in [-0.1, -0.05) is 0 Å². The van der Waals surface area contributed by atoms with E-state index in [9.17, 15) is 4.79 Å². The van der Waals surface area contributed by atoms with E-state index < -0.39 is 0 Å². The van der Waals surface area contributed by atoms with Gasteiger partial charge in [0.2, 0.25) is 12.7 Å². The third kappa shape index (κ3) is 2.87. The molecule has 8 heteroatoms. The van der Waals surface area contributed by atoms with Gasteiger partial charge in [-0.05, 0) is 18.2 Å². The molecule has 0 spiro atoms. The van der Waals surface area contributed by atoms with Crippen molar-refractivity contribution in [2.45, 2.75) is 0 Å². The molecule has 0 saturated carbocycles. The highest BCUT2D eigenvalue weighted by molar-refractivity contribution is 5.95. The van der Waals surface area contributed by atoms with Crippen LogP contribution in [0.15, 0.2) is 30.6 Å². The van der Waals surface area contributed by atoms with Crippen molar-refractivity contribution in [3.8, 4) is 11.5 Å². The van der Waals surface area contributed by atoms with Gasteiger partial charge in [-0.25, -0.2) is 4.98 Å². The number of nitrogens with zero attached hydrogens (tertiary/aromatic N) is 4. The molecule has 2 aromatic rings. The van der Waals surface area contributed by atoms with Crippen molar-refractivity contribution < 1.29 is 14.3 Å². The van der Waals surface area contributed by atoms with Crippen molar-refractivity contribution in [3.05, 3.63) is 36.2 Å². The fraction of sp³-hybridized carbons (Fsp3) is 0.375. The van der Waals surface area contributed by atoms with E-state index in [1.54, 1.807) is 24.4 Å². The van der Waals surface area contributed by atoms with Crippen molar-refractivity contribution in [1.29, 1.82) is 0 Å². The molecule has 3 heterocycles. The average Bonchev–Trinajstić information content (AvgIpc) is 3.22. The molecule has 1 aromatic carbocycles. The molecule has 4 rings (SSSR count). The summed E-state index contributed by atoms with van der Waals surface area (Å²) in [7, 11) is 1.98. The zero-order valence-corrected chi connectivity index (χ0v) is 14.2. The number of fused-ring (bicyclic) bond motifs is 1. The van der Waals surface area contributed by atoms with Crippen molar-refractivity contribution in [3.63, 3.8) is 0 Å². The number of hydrogen-bond acceptors (Lipinski definition) is 5. The average molecular weight is 351 g/mol. The Morgan fingerprint density at radius 3 is 2.58 bits per heavy atom. The first kappa shape index (κ1) is 16.4. The normalized spacial score (nSPS) is 16.0. The van der Waals surface area contributed by atoms with Gasteiger partial charge < -0.3 is 23.8 Å². The number of amides is 1. The van der Waals surface area contributed by atoms with E-state index in [-0.39, 0.29) is 25.1 Å². The van der Waals surface area contributed by atoms with E-state index in [1.807, 2.05) is 22.7 Å². The molecule has 0 aliphatic carbocycles. The number of piperazine rings is 1. The summed E-state index contributed by atoms with van der Waals surface area (Å²) in [5.74, 6) is 2.31. The number of carbonyl (C=O) groups is 1. The molecule has 0 radical (unpaired) electrons. The second-order valence-corrected chi connectivity index (χ2v) is 5.69. The monoisotopic (exact) mass is 350 g/mol.